The smallest absolute Gasteiger partial charge is 0.383 e. The fraction of sp³-hybridized carbons (Fsp3) is 0.312. The molecule has 24 heavy (non-hydrogen) atoms. The van der Waals surface area contributed by atoms with Crippen molar-refractivity contribution < 1.29 is 26.3 Å². The highest BCUT2D eigenvalue weighted by Crippen LogP contribution is 2.37. The maximum absolute atomic E-state index is 12.8. The Balaban J connectivity index is 0.00000139. The zero-order chi connectivity index (χ0) is 18.7. The Kier molecular flexibility index (Phi) is 5.86. The second-order valence-corrected chi connectivity index (χ2v) is 4.68. The highest BCUT2D eigenvalue weighted by Gasteiger charge is 2.33. The van der Waals surface area contributed by atoms with E-state index in [2.05, 4.69) is 4.98 Å². The van der Waals surface area contributed by atoms with Gasteiger partial charge in [0.2, 0.25) is 0 Å². The number of rotatable bonds is 1. The lowest BCUT2D eigenvalue weighted by Gasteiger charge is -2.14. The molecule has 2 aromatic rings. The van der Waals surface area contributed by atoms with Crippen molar-refractivity contribution >= 4 is 5.82 Å². The van der Waals surface area contributed by atoms with Crippen molar-refractivity contribution in [3.8, 4) is 11.1 Å². The maximum atomic E-state index is 12.8. The summed E-state index contributed by atoms with van der Waals surface area (Å²) in [6.07, 6.45) is -8.72. The van der Waals surface area contributed by atoms with Crippen molar-refractivity contribution in [2.24, 2.45) is 0 Å². The molecule has 2 N–H and O–H groups in total. The minimum Gasteiger partial charge on any atom is -0.383 e. The van der Waals surface area contributed by atoms with Crippen molar-refractivity contribution in [2.45, 2.75) is 33.1 Å². The molecule has 0 fully saturated rings. The zero-order valence-electron chi connectivity index (χ0n) is 13.2. The minimum atomic E-state index is -4.66. The summed E-state index contributed by atoms with van der Waals surface area (Å²) in [5, 5.41) is 0. The number of halogens is 6. The Hall–Kier alpha value is -2.25. The molecule has 0 amide bonds. The lowest BCUT2D eigenvalue weighted by atomic mass is 9.97. The van der Waals surface area contributed by atoms with Crippen LogP contribution in [-0.4, -0.2) is 4.98 Å². The maximum Gasteiger partial charge on any atom is 0.417 e. The van der Waals surface area contributed by atoms with E-state index in [1.807, 2.05) is 13.8 Å². The average molecular weight is 350 g/mol. The van der Waals surface area contributed by atoms with Crippen LogP contribution in [0.2, 0.25) is 0 Å². The van der Waals surface area contributed by atoms with Crippen LogP contribution in [0.3, 0.4) is 0 Å². The van der Waals surface area contributed by atoms with Gasteiger partial charge in [-0.15, -0.1) is 0 Å². The Morgan fingerprint density at radius 2 is 1.33 bits per heavy atom. The molecule has 0 spiro atoms. The van der Waals surface area contributed by atoms with E-state index < -0.39 is 23.5 Å². The SMILES string of the molecule is CC.Cc1ccc(C(F)(F)F)cc1-c1cc(C(F)(F)F)cnc1N. The van der Waals surface area contributed by atoms with Gasteiger partial charge in [-0.25, -0.2) is 4.98 Å². The van der Waals surface area contributed by atoms with Crippen LogP contribution >= 0.6 is 0 Å². The molecule has 0 aliphatic carbocycles. The third kappa shape index (κ3) is 4.39. The first-order valence-corrected chi connectivity index (χ1v) is 7.01. The van der Waals surface area contributed by atoms with Crippen LogP contribution in [-0.2, 0) is 12.4 Å². The van der Waals surface area contributed by atoms with Gasteiger partial charge in [0.25, 0.3) is 0 Å². The summed E-state index contributed by atoms with van der Waals surface area (Å²) in [5.41, 5.74) is 3.63. The number of alkyl halides is 6. The van der Waals surface area contributed by atoms with E-state index in [4.69, 9.17) is 5.73 Å². The van der Waals surface area contributed by atoms with Gasteiger partial charge in [0.15, 0.2) is 0 Å². The van der Waals surface area contributed by atoms with Crippen LogP contribution in [0.4, 0.5) is 32.2 Å². The molecular weight excluding hydrogens is 334 g/mol. The number of benzene rings is 1. The van der Waals surface area contributed by atoms with E-state index in [9.17, 15) is 26.3 Å². The van der Waals surface area contributed by atoms with Gasteiger partial charge in [-0.2, -0.15) is 26.3 Å². The molecule has 0 radical (unpaired) electrons. The quantitative estimate of drug-likeness (QED) is 0.670. The lowest BCUT2D eigenvalue weighted by Crippen LogP contribution is -2.08. The minimum absolute atomic E-state index is 0.0362. The molecule has 132 valence electrons. The van der Waals surface area contributed by atoms with Gasteiger partial charge < -0.3 is 5.73 Å². The molecule has 0 aliphatic rings. The number of aromatic nitrogens is 1. The van der Waals surface area contributed by atoms with E-state index >= 15 is 0 Å². The number of nitrogens with zero attached hydrogens (tertiary/aromatic N) is 1. The van der Waals surface area contributed by atoms with Gasteiger partial charge in [0.1, 0.15) is 5.82 Å². The van der Waals surface area contributed by atoms with Crippen LogP contribution in [0.15, 0.2) is 30.5 Å². The third-order valence-corrected chi connectivity index (χ3v) is 3.10. The van der Waals surface area contributed by atoms with Crippen molar-refractivity contribution in [1.29, 1.82) is 0 Å². The topological polar surface area (TPSA) is 38.9 Å². The Morgan fingerprint density at radius 1 is 0.833 bits per heavy atom. The van der Waals surface area contributed by atoms with E-state index in [-0.39, 0.29) is 16.9 Å². The average Bonchev–Trinajstić information content (AvgIpc) is 2.48. The van der Waals surface area contributed by atoms with Gasteiger partial charge >= 0.3 is 12.4 Å². The molecule has 0 saturated heterocycles. The summed E-state index contributed by atoms with van der Waals surface area (Å²) < 4.78 is 76.4. The van der Waals surface area contributed by atoms with Crippen LogP contribution < -0.4 is 5.73 Å². The fourth-order valence-electron chi connectivity index (χ4n) is 1.93. The molecule has 0 bridgehead atoms. The summed E-state index contributed by atoms with van der Waals surface area (Å²) in [7, 11) is 0. The normalized spacial score (nSPS) is 11.7. The van der Waals surface area contributed by atoms with E-state index in [1.54, 1.807) is 0 Å². The number of anilines is 1. The number of hydrogen-bond donors (Lipinski definition) is 1. The zero-order valence-corrected chi connectivity index (χ0v) is 13.2. The second kappa shape index (κ2) is 7.11. The molecule has 0 saturated carbocycles. The van der Waals surface area contributed by atoms with Crippen LogP contribution in [0.1, 0.15) is 30.5 Å². The molecule has 8 heteroatoms. The van der Waals surface area contributed by atoms with Crippen molar-refractivity contribution in [2.75, 3.05) is 5.73 Å². The highest BCUT2D eigenvalue weighted by molar-refractivity contribution is 5.77. The first kappa shape index (κ1) is 19.8. The van der Waals surface area contributed by atoms with E-state index in [0.29, 0.717) is 17.8 Å². The molecule has 0 aliphatic heterocycles. The van der Waals surface area contributed by atoms with Crippen molar-refractivity contribution in [3.05, 3.63) is 47.2 Å². The number of nitrogen functional groups attached to an aromatic ring is 1. The second-order valence-electron chi connectivity index (χ2n) is 4.68. The third-order valence-electron chi connectivity index (χ3n) is 3.10. The first-order chi connectivity index (χ1) is 11.0. The van der Waals surface area contributed by atoms with Gasteiger partial charge in [-0.3, -0.25) is 0 Å². The van der Waals surface area contributed by atoms with Crippen LogP contribution in [0.5, 0.6) is 0 Å². The molecule has 0 unspecified atom stereocenters. The fourth-order valence-corrected chi connectivity index (χ4v) is 1.93. The standard InChI is InChI=1S/C14H10F6N2.C2H6/c1-7-2-3-8(13(15,16)17)4-10(7)11-5-9(14(18,19)20)6-22-12(11)21;1-2/h2-6H,1H3,(H2,21,22);1-2H3. The van der Waals surface area contributed by atoms with E-state index in [1.165, 1.54) is 13.0 Å². The number of nitrogens with two attached hydrogens (primary N) is 1. The van der Waals surface area contributed by atoms with Gasteiger partial charge in [-0.05, 0) is 36.2 Å². The molecule has 1 aromatic heterocycles. The molecule has 0 atom stereocenters. The largest absolute Gasteiger partial charge is 0.417 e. The number of hydrogen-bond acceptors (Lipinski definition) is 2. The van der Waals surface area contributed by atoms with Gasteiger partial charge in [-0.1, -0.05) is 19.9 Å². The van der Waals surface area contributed by atoms with Gasteiger partial charge in [0.05, 0.1) is 11.1 Å². The first-order valence-electron chi connectivity index (χ1n) is 7.01. The van der Waals surface area contributed by atoms with Crippen molar-refractivity contribution in [1.82, 2.24) is 4.98 Å². The summed E-state index contributed by atoms with van der Waals surface area (Å²) in [6, 6.07) is 3.50. The summed E-state index contributed by atoms with van der Waals surface area (Å²) in [6.45, 7) is 5.48. The highest BCUT2D eigenvalue weighted by atomic mass is 19.4. The Morgan fingerprint density at radius 3 is 1.83 bits per heavy atom. The number of aryl methyl sites for hydroxylation is 1. The molecule has 1 aromatic carbocycles. The Labute approximate surface area is 135 Å². The summed E-state index contributed by atoms with van der Waals surface area (Å²) in [5.74, 6) is -0.268. The predicted octanol–water partition coefficient (Wildman–Crippen LogP) is 5.70. The molecule has 2 rings (SSSR count). The van der Waals surface area contributed by atoms with Gasteiger partial charge in [0, 0.05) is 11.8 Å². The van der Waals surface area contributed by atoms with Crippen LogP contribution in [0, 0.1) is 6.92 Å². The molecule has 1 heterocycles. The van der Waals surface area contributed by atoms with E-state index in [0.717, 1.165) is 12.1 Å². The monoisotopic (exact) mass is 350 g/mol. The lowest BCUT2D eigenvalue weighted by molar-refractivity contribution is -0.138. The predicted molar refractivity (Wildman–Crippen MR) is 80.2 cm³/mol. The summed E-state index contributed by atoms with van der Waals surface area (Å²) in [4.78, 5) is 3.43. The molecular formula is C16H16F6N2. The van der Waals surface area contributed by atoms with Crippen LogP contribution in [0.25, 0.3) is 11.1 Å². The molecule has 2 nitrogen and oxygen atoms in total. The van der Waals surface area contributed by atoms with Crippen molar-refractivity contribution in [3.63, 3.8) is 0 Å². The number of pyridine rings is 1. The Bertz CT molecular complexity index is 643. The summed E-state index contributed by atoms with van der Waals surface area (Å²) >= 11 is 0.